The fourth-order valence-corrected chi connectivity index (χ4v) is 2.55. The third kappa shape index (κ3) is 4.23. The molecule has 1 fully saturated rings. The maximum absolute atomic E-state index is 11.9. The number of carbonyl (C=O) groups excluding carboxylic acids is 1. The van der Waals surface area contributed by atoms with Gasteiger partial charge < -0.3 is 15.8 Å². The van der Waals surface area contributed by atoms with E-state index in [4.69, 9.17) is 10.5 Å². The second-order valence-electron chi connectivity index (χ2n) is 5.82. The molecular formula is C16H24N2O2. The van der Waals surface area contributed by atoms with Crippen LogP contribution in [0.4, 0.5) is 11.4 Å². The summed E-state index contributed by atoms with van der Waals surface area (Å²) < 4.78 is 5.69. The summed E-state index contributed by atoms with van der Waals surface area (Å²) in [5.41, 5.74) is 8.13. The number of hydrogen-bond acceptors (Lipinski definition) is 3. The molecule has 0 saturated heterocycles. The number of nitrogens with two attached hydrogens (primary N) is 1. The normalized spacial score (nSPS) is 22.5. The summed E-state index contributed by atoms with van der Waals surface area (Å²) in [6, 6.07) is 5.49. The standard InChI is InChI=1S/C16H24N2O2/c1-11-3-7-14(8-4-11)20-10-16(19)18-15-9-13(17)6-5-12(15)2/h5-6,9,11,14H,3-4,7-8,10,17H2,1-2H3,(H,18,19). The Morgan fingerprint density at radius 3 is 2.75 bits per heavy atom. The molecule has 1 saturated carbocycles. The molecule has 0 bridgehead atoms. The van der Waals surface area contributed by atoms with Gasteiger partial charge in [0.15, 0.2) is 0 Å². The van der Waals surface area contributed by atoms with Crippen molar-refractivity contribution in [3.05, 3.63) is 23.8 Å². The molecule has 0 aromatic heterocycles. The van der Waals surface area contributed by atoms with Gasteiger partial charge in [0, 0.05) is 11.4 Å². The lowest BCUT2D eigenvalue weighted by Crippen LogP contribution is -2.26. The van der Waals surface area contributed by atoms with Gasteiger partial charge in [-0.3, -0.25) is 4.79 Å². The molecule has 20 heavy (non-hydrogen) atoms. The van der Waals surface area contributed by atoms with Crippen molar-refractivity contribution in [3.8, 4) is 0 Å². The third-order valence-corrected chi connectivity index (χ3v) is 3.95. The van der Waals surface area contributed by atoms with Gasteiger partial charge in [0.1, 0.15) is 6.61 Å². The highest BCUT2D eigenvalue weighted by molar-refractivity contribution is 5.92. The highest BCUT2D eigenvalue weighted by Gasteiger charge is 2.19. The minimum Gasteiger partial charge on any atom is -0.399 e. The monoisotopic (exact) mass is 276 g/mol. The largest absolute Gasteiger partial charge is 0.399 e. The molecule has 4 nitrogen and oxygen atoms in total. The number of hydrogen-bond donors (Lipinski definition) is 2. The fourth-order valence-electron chi connectivity index (χ4n) is 2.55. The first-order valence-corrected chi connectivity index (χ1v) is 7.32. The van der Waals surface area contributed by atoms with Crippen LogP contribution in [0.15, 0.2) is 18.2 Å². The molecule has 2 rings (SSSR count). The molecule has 0 radical (unpaired) electrons. The molecule has 0 unspecified atom stereocenters. The van der Waals surface area contributed by atoms with E-state index in [9.17, 15) is 4.79 Å². The van der Waals surface area contributed by atoms with Gasteiger partial charge >= 0.3 is 0 Å². The maximum Gasteiger partial charge on any atom is 0.250 e. The Bertz CT molecular complexity index is 466. The van der Waals surface area contributed by atoms with Gasteiger partial charge in [-0.15, -0.1) is 0 Å². The van der Waals surface area contributed by atoms with Gasteiger partial charge in [0.05, 0.1) is 6.10 Å². The van der Waals surface area contributed by atoms with E-state index in [1.807, 2.05) is 19.1 Å². The first-order valence-electron chi connectivity index (χ1n) is 7.32. The Labute approximate surface area is 120 Å². The van der Waals surface area contributed by atoms with Crippen LogP contribution in [0, 0.1) is 12.8 Å². The predicted molar refractivity (Wildman–Crippen MR) is 81.6 cm³/mol. The molecule has 1 aliphatic rings. The van der Waals surface area contributed by atoms with Crippen molar-refractivity contribution in [2.24, 2.45) is 5.92 Å². The van der Waals surface area contributed by atoms with Crippen molar-refractivity contribution < 1.29 is 9.53 Å². The van der Waals surface area contributed by atoms with Gasteiger partial charge in [-0.05, 0) is 56.2 Å². The molecule has 3 N–H and O–H groups in total. The smallest absolute Gasteiger partial charge is 0.250 e. The van der Waals surface area contributed by atoms with E-state index >= 15 is 0 Å². The zero-order valence-electron chi connectivity index (χ0n) is 12.3. The molecule has 0 atom stereocenters. The number of anilines is 2. The summed E-state index contributed by atoms with van der Waals surface area (Å²) >= 11 is 0. The van der Waals surface area contributed by atoms with Crippen molar-refractivity contribution in [1.29, 1.82) is 0 Å². The number of rotatable bonds is 4. The van der Waals surface area contributed by atoms with Crippen molar-refractivity contribution >= 4 is 17.3 Å². The van der Waals surface area contributed by atoms with Crippen molar-refractivity contribution in [3.63, 3.8) is 0 Å². The minimum atomic E-state index is -0.114. The van der Waals surface area contributed by atoms with Crippen molar-refractivity contribution in [2.75, 3.05) is 17.7 Å². The molecule has 4 heteroatoms. The summed E-state index contributed by atoms with van der Waals surface area (Å²) in [7, 11) is 0. The van der Waals surface area contributed by atoms with Crippen LogP contribution in [-0.4, -0.2) is 18.6 Å². The summed E-state index contributed by atoms with van der Waals surface area (Å²) in [6.07, 6.45) is 4.75. The second kappa shape index (κ2) is 6.75. The average Bonchev–Trinajstić information content (AvgIpc) is 2.42. The van der Waals surface area contributed by atoms with Crippen LogP contribution in [0.25, 0.3) is 0 Å². The molecule has 1 aromatic carbocycles. The Morgan fingerprint density at radius 1 is 1.35 bits per heavy atom. The predicted octanol–water partition coefficient (Wildman–Crippen LogP) is 3.11. The van der Waals surface area contributed by atoms with E-state index in [0.29, 0.717) is 5.69 Å². The van der Waals surface area contributed by atoms with E-state index in [1.54, 1.807) is 6.07 Å². The van der Waals surface area contributed by atoms with E-state index in [0.717, 1.165) is 30.0 Å². The van der Waals surface area contributed by atoms with Crippen LogP contribution in [-0.2, 0) is 9.53 Å². The molecule has 0 heterocycles. The highest BCUT2D eigenvalue weighted by atomic mass is 16.5. The summed E-state index contributed by atoms with van der Waals surface area (Å²) in [5, 5.41) is 2.86. The lowest BCUT2D eigenvalue weighted by atomic mass is 9.89. The Morgan fingerprint density at radius 2 is 2.05 bits per heavy atom. The number of benzene rings is 1. The zero-order chi connectivity index (χ0) is 14.5. The quantitative estimate of drug-likeness (QED) is 0.830. The molecule has 0 aliphatic heterocycles. The molecule has 1 aromatic rings. The van der Waals surface area contributed by atoms with Gasteiger partial charge in [0.2, 0.25) is 5.91 Å². The summed E-state index contributed by atoms with van der Waals surface area (Å²) in [6.45, 7) is 4.33. The zero-order valence-corrected chi connectivity index (χ0v) is 12.3. The molecule has 0 spiro atoms. The first-order chi connectivity index (χ1) is 9.54. The van der Waals surface area contributed by atoms with Crippen LogP contribution in [0.3, 0.4) is 0 Å². The number of ether oxygens (including phenoxy) is 1. The van der Waals surface area contributed by atoms with E-state index < -0.39 is 0 Å². The first kappa shape index (κ1) is 14.9. The molecule has 110 valence electrons. The van der Waals surface area contributed by atoms with Crippen LogP contribution >= 0.6 is 0 Å². The van der Waals surface area contributed by atoms with Crippen LogP contribution in [0.1, 0.15) is 38.2 Å². The lowest BCUT2D eigenvalue weighted by Gasteiger charge is -2.26. The fraction of sp³-hybridized carbons (Fsp3) is 0.562. The summed E-state index contributed by atoms with van der Waals surface area (Å²) in [5.74, 6) is 0.677. The van der Waals surface area contributed by atoms with Crippen molar-refractivity contribution in [2.45, 2.75) is 45.6 Å². The van der Waals surface area contributed by atoms with Crippen LogP contribution in [0.2, 0.25) is 0 Å². The Kier molecular flexibility index (Phi) is 5.01. The van der Waals surface area contributed by atoms with Gasteiger partial charge in [-0.1, -0.05) is 13.0 Å². The summed E-state index contributed by atoms with van der Waals surface area (Å²) in [4.78, 5) is 11.9. The van der Waals surface area contributed by atoms with Gasteiger partial charge in [-0.2, -0.15) is 0 Å². The average molecular weight is 276 g/mol. The number of nitrogens with one attached hydrogen (secondary N) is 1. The second-order valence-corrected chi connectivity index (χ2v) is 5.82. The topological polar surface area (TPSA) is 64.3 Å². The molecule has 1 aliphatic carbocycles. The number of nitrogen functional groups attached to an aromatic ring is 1. The van der Waals surface area contributed by atoms with E-state index in [-0.39, 0.29) is 18.6 Å². The van der Waals surface area contributed by atoms with Gasteiger partial charge in [0.25, 0.3) is 0 Å². The number of aryl methyl sites for hydroxylation is 1. The number of carbonyl (C=O) groups is 1. The van der Waals surface area contributed by atoms with Crippen LogP contribution in [0.5, 0.6) is 0 Å². The SMILES string of the molecule is Cc1ccc(N)cc1NC(=O)COC1CCC(C)CC1. The lowest BCUT2D eigenvalue weighted by molar-refractivity contribution is -0.123. The molecular weight excluding hydrogens is 252 g/mol. The van der Waals surface area contributed by atoms with E-state index in [2.05, 4.69) is 12.2 Å². The van der Waals surface area contributed by atoms with Crippen LogP contribution < -0.4 is 11.1 Å². The Hall–Kier alpha value is -1.55. The third-order valence-electron chi connectivity index (χ3n) is 3.95. The maximum atomic E-state index is 11.9. The number of amides is 1. The van der Waals surface area contributed by atoms with E-state index in [1.165, 1.54) is 12.8 Å². The minimum absolute atomic E-state index is 0.114. The molecule has 1 amide bonds. The van der Waals surface area contributed by atoms with Crippen molar-refractivity contribution in [1.82, 2.24) is 0 Å². The Balaban J connectivity index is 1.79. The van der Waals surface area contributed by atoms with Gasteiger partial charge in [-0.25, -0.2) is 0 Å². The highest BCUT2D eigenvalue weighted by Crippen LogP contribution is 2.25.